The number of alkyl halides is 1. The van der Waals surface area contributed by atoms with Gasteiger partial charge in [0.05, 0.1) is 24.2 Å². The maximum atomic E-state index is 14.6. The van der Waals surface area contributed by atoms with Crippen LogP contribution in [0, 0.1) is 21.7 Å². The van der Waals surface area contributed by atoms with Gasteiger partial charge in [0.1, 0.15) is 18.5 Å². The number of benzene rings is 3. The molecule has 2 saturated heterocycles. The highest BCUT2D eigenvalue weighted by atomic mass is 31.2. The van der Waals surface area contributed by atoms with Crippen LogP contribution < -0.4 is 9.47 Å². The van der Waals surface area contributed by atoms with Crippen molar-refractivity contribution in [2.24, 2.45) is 0 Å². The maximum absolute atomic E-state index is 14.6. The third-order valence-electron chi connectivity index (χ3n) is 6.35. The number of carbonyl (C=O) groups is 1. The van der Waals surface area contributed by atoms with Crippen LogP contribution in [0.25, 0.3) is 0 Å². The summed E-state index contributed by atoms with van der Waals surface area (Å²) in [5.74, 6) is -3.34. The number of carbonyl (C=O) groups excluding carboxylic acids is 1. The lowest BCUT2D eigenvalue weighted by Gasteiger charge is -2.34. The number of nitrogens with zero attached hydrogens (tertiary/aromatic N) is 3. The van der Waals surface area contributed by atoms with Gasteiger partial charge < -0.3 is 19.3 Å². The lowest BCUT2D eigenvalue weighted by atomic mass is 10.1. The number of rotatable bonds is 10. The number of halogens is 3. The van der Waals surface area contributed by atoms with E-state index < -0.39 is 53.8 Å². The van der Waals surface area contributed by atoms with Crippen molar-refractivity contribution >= 4 is 19.1 Å². The molecule has 0 saturated carbocycles. The van der Waals surface area contributed by atoms with Gasteiger partial charge in [-0.2, -0.15) is 0 Å². The molecule has 2 fully saturated rings. The highest BCUT2D eigenvalue weighted by Crippen LogP contribution is 2.52. The van der Waals surface area contributed by atoms with Crippen LogP contribution in [0.2, 0.25) is 0 Å². The maximum Gasteiger partial charge on any atom is 0.311 e. The molecule has 10 nitrogen and oxygen atoms in total. The summed E-state index contributed by atoms with van der Waals surface area (Å²) in [6.07, 6.45) is -1.48. The van der Waals surface area contributed by atoms with Gasteiger partial charge in [-0.25, -0.2) is 17.8 Å². The van der Waals surface area contributed by atoms with Gasteiger partial charge >= 0.3 is 5.69 Å². The molecule has 5 rings (SSSR count). The van der Waals surface area contributed by atoms with Gasteiger partial charge in [0.15, 0.2) is 17.4 Å². The van der Waals surface area contributed by atoms with Gasteiger partial charge in [-0.15, -0.1) is 0 Å². The quantitative estimate of drug-likeness (QED) is 0.154. The summed E-state index contributed by atoms with van der Waals surface area (Å²) in [6, 6.07) is 11.5. The summed E-state index contributed by atoms with van der Waals surface area (Å²) in [5, 5.41) is 11.6. The van der Waals surface area contributed by atoms with Gasteiger partial charge in [-0.1, -0.05) is 6.07 Å². The van der Waals surface area contributed by atoms with Gasteiger partial charge in [0.25, 0.3) is 13.4 Å². The van der Waals surface area contributed by atoms with Gasteiger partial charge in [-0.3, -0.25) is 19.5 Å². The van der Waals surface area contributed by atoms with Crippen molar-refractivity contribution in [2.75, 3.05) is 26.2 Å². The van der Waals surface area contributed by atoms with Crippen LogP contribution in [0.4, 0.5) is 18.9 Å². The summed E-state index contributed by atoms with van der Waals surface area (Å²) in [4.78, 5) is 34.7. The van der Waals surface area contributed by atoms with Crippen molar-refractivity contribution in [3.8, 4) is 17.2 Å². The van der Waals surface area contributed by atoms with Crippen molar-refractivity contribution in [3.05, 3.63) is 93.0 Å². The molecule has 40 heavy (non-hydrogen) atoms. The van der Waals surface area contributed by atoms with Crippen LogP contribution in [0.5, 0.6) is 17.2 Å². The van der Waals surface area contributed by atoms with Crippen LogP contribution in [0.15, 0.2) is 54.6 Å². The fourth-order valence-electron chi connectivity index (χ4n) is 4.17. The Morgan fingerprint density at radius 3 is 2.40 bits per heavy atom. The predicted octanol–water partition coefficient (Wildman–Crippen LogP) is 5.04. The topological polar surface area (TPSA) is 122 Å². The first-order chi connectivity index (χ1) is 19.0. The van der Waals surface area contributed by atoms with E-state index in [2.05, 4.69) is 0 Å². The minimum Gasteiger partial charge on any atom is -0.483 e. The average molecular weight is 577 g/mol. The summed E-state index contributed by atoms with van der Waals surface area (Å²) in [7, 11) is -3.70. The predicted molar refractivity (Wildman–Crippen MR) is 136 cm³/mol. The van der Waals surface area contributed by atoms with Crippen molar-refractivity contribution in [2.45, 2.75) is 18.9 Å². The molecule has 210 valence electrons. The molecule has 0 aromatic heterocycles. The Labute approximate surface area is 226 Å². The van der Waals surface area contributed by atoms with Gasteiger partial charge in [0, 0.05) is 24.7 Å². The average Bonchev–Trinajstić information content (AvgIpc) is 3.72. The zero-order chi connectivity index (χ0) is 28.6. The molecule has 2 heterocycles. The summed E-state index contributed by atoms with van der Waals surface area (Å²) < 4.78 is 67.0. The van der Waals surface area contributed by atoms with E-state index in [0.29, 0.717) is 13.1 Å². The number of hydrogen-bond acceptors (Lipinski definition) is 6. The Bertz CT molecular complexity index is 1510. The fourth-order valence-corrected chi connectivity index (χ4v) is 5.74. The molecule has 1 atom stereocenters. The first kappa shape index (κ1) is 27.6. The number of nitro benzene ring substituents is 1. The molecular formula is C26H23F3N3O7P. The first-order valence-electron chi connectivity index (χ1n) is 12.2. The third kappa shape index (κ3) is 6.11. The van der Waals surface area contributed by atoms with Crippen LogP contribution in [-0.4, -0.2) is 57.6 Å². The second-order valence-electron chi connectivity index (χ2n) is 9.45. The molecule has 0 aliphatic carbocycles. The second kappa shape index (κ2) is 10.9. The van der Waals surface area contributed by atoms with Crippen molar-refractivity contribution in [1.82, 2.24) is 9.57 Å². The Kier molecular flexibility index (Phi) is 7.54. The lowest BCUT2D eigenvalue weighted by molar-refractivity contribution is -0.385. The Balaban J connectivity index is 1.31. The Morgan fingerprint density at radius 1 is 1.07 bits per heavy atom. The van der Waals surface area contributed by atoms with Crippen LogP contribution in [0.3, 0.4) is 0 Å². The first-order valence-corrected chi connectivity index (χ1v) is 14.0. The van der Waals surface area contributed by atoms with E-state index in [0.717, 1.165) is 18.2 Å². The fraction of sp³-hybridized carbons (Fsp3) is 0.269. The minimum absolute atomic E-state index is 0.00503. The van der Waals surface area contributed by atoms with E-state index in [4.69, 9.17) is 9.47 Å². The molecule has 1 amide bonds. The largest absolute Gasteiger partial charge is 0.483 e. The third-order valence-corrected chi connectivity index (χ3v) is 8.41. The zero-order valence-electron chi connectivity index (χ0n) is 20.8. The molecular weight excluding hydrogens is 554 g/mol. The van der Waals surface area contributed by atoms with E-state index in [-0.39, 0.29) is 47.9 Å². The molecule has 3 aromatic rings. The van der Waals surface area contributed by atoms with E-state index in [9.17, 15) is 37.5 Å². The van der Waals surface area contributed by atoms with Gasteiger partial charge in [-0.05, 0) is 53.6 Å². The molecule has 14 heteroatoms. The smallest absolute Gasteiger partial charge is 0.311 e. The van der Waals surface area contributed by atoms with E-state index in [1.54, 1.807) is 0 Å². The van der Waals surface area contributed by atoms with Crippen LogP contribution in [-0.2, 0) is 17.3 Å². The Hall–Kier alpha value is -3.93. The summed E-state index contributed by atoms with van der Waals surface area (Å²) in [5.41, 5.74) is 0.106. The van der Waals surface area contributed by atoms with E-state index in [1.807, 2.05) is 0 Å². The van der Waals surface area contributed by atoms with Crippen molar-refractivity contribution in [3.63, 3.8) is 0 Å². The lowest BCUT2D eigenvalue weighted by Crippen LogP contribution is -2.51. The SMILES string of the molecule is O=C(c1cccc(Oc2cc(COc3c(F)cc(CP(=O)(O)N4CC4)cc3F)ccc2[N+](=O)[O-])c1)N1CC(F)C1. The molecule has 2 aliphatic heterocycles. The van der Waals surface area contributed by atoms with Crippen molar-refractivity contribution < 1.29 is 41.8 Å². The summed E-state index contributed by atoms with van der Waals surface area (Å²) >= 11 is 0. The highest BCUT2D eigenvalue weighted by Gasteiger charge is 2.36. The number of ether oxygens (including phenoxy) is 2. The highest BCUT2D eigenvalue weighted by molar-refractivity contribution is 7.54. The molecule has 1 unspecified atom stereocenters. The van der Waals surface area contributed by atoms with Crippen LogP contribution >= 0.6 is 7.52 Å². The summed E-state index contributed by atoms with van der Waals surface area (Å²) in [6.45, 7) is 0.490. The zero-order valence-corrected chi connectivity index (χ0v) is 21.7. The van der Waals surface area contributed by atoms with E-state index in [1.165, 1.54) is 46.0 Å². The van der Waals surface area contributed by atoms with Crippen LogP contribution in [0.1, 0.15) is 21.5 Å². The molecule has 0 bridgehead atoms. The van der Waals surface area contributed by atoms with E-state index >= 15 is 0 Å². The molecule has 0 spiro atoms. The number of hydrogen-bond donors (Lipinski definition) is 1. The number of amides is 1. The normalized spacial score (nSPS) is 16.6. The molecule has 0 radical (unpaired) electrons. The Morgan fingerprint density at radius 2 is 1.77 bits per heavy atom. The molecule has 2 aliphatic rings. The van der Waals surface area contributed by atoms with Gasteiger partial charge in [0.2, 0.25) is 5.75 Å². The minimum atomic E-state index is -3.70. The number of likely N-dealkylation sites (tertiary alicyclic amines) is 1. The monoisotopic (exact) mass is 577 g/mol. The second-order valence-corrected chi connectivity index (χ2v) is 11.7. The number of nitro groups is 1. The van der Waals surface area contributed by atoms with Crippen molar-refractivity contribution in [1.29, 1.82) is 0 Å². The molecule has 3 aromatic carbocycles. The standard InChI is InChI=1S/C26H23F3N3O7P/c27-19-12-30(13-19)26(33)18-2-1-3-20(11-18)39-24-10-16(4-5-23(24)32(34)35)14-38-25-21(28)8-17(9-22(25)29)15-40(36,37)31-6-7-31/h1-5,8-11,19H,6-7,12-15H2,(H,36,37). The molecule has 1 N–H and O–H groups in total.